The molecule has 3 fully saturated rings. The van der Waals surface area contributed by atoms with Crippen molar-refractivity contribution in [3.05, 3.63) is 11.6 Å². The van der Waals surface area contributed by atoms with Gasteiger partial charge in [0.25, 0.3) is 0 Å². The van der Waals surface area contributed by atoms with Gasteiger partial charge in [-0.3, -0.25) is 0 Å². The van der Waals surface area contributed by atoms with Gasteiger partial charge in [-0.05, 0) is 137 Å². The van der Waals surface area contributed by atoms with Crippen LogP contribution in [-0.2, 0) is 4.74 Å². The fraction of sp³-hybridized carbons (Fsp3) is 0.919. The van der Waals surface area contributed by atoms with Gasteiger partial charge in [0.15, 0.2) is 0 Å². The van der Waals surface area contributed by atoms with E-state index >= 15 is 0 Å². The quantitative estimate of drug-likeness (QED) is 0.126. The molecule has 8 unspecified atom stereocenters. The predicted octanol–water partition coefficient (Wildman–Crippen LogP) is 7.51. The fourth-order valence-corrected chi connectivity index (χ4v) is 10.3. The third-order valence-electron chi connectivity index (χ3n) is 12.8. The Kier molecular flexibility index (Phi) is 12.9. The second-order valence-corrected chi connectivity index (χ2v) is 15.9. The second-order valence-electron chi connectivity index (χ2n) is 15.9. The lowest BCUT2D eigenvalue weighted by molar-refractivity contribution is -0.0593. The van der Waals surface area contributed by atoms with Crippen LogP contribution in [0.3, 0.4) is 0 Å². The van der Waals surface area contributed by atoms with Gasteiger partial charge in [0.1, 0.15) is 6.10 Å². The van der Waals surface area contributed by atoms with E-state index in [1.807, 2.05) is 4.90 Å². The number of fused-ring (bicyclic) bond motifs is 5. The van der Waals surface area contributed by atoms with Crippen molar-refractivity contribution in [2.75, 3.05) is 39.3 Å². The Morgan fingerprint density at radius 3 is 2.44 bits per heavy atom. The second kappa shape index (κ2) is 15.9. The number of carbonyl (C=O) groups excluding carboxylic acids is 1. The van der Waals surface area contributed by atoms with E-state index in [0.29, 0.717) is 31.6 Å². The average Bonchev–Trinajstić information content (AvgIpc) is 3.33. The number of nitrogens with two attached hydrogens (primary N) is 2. The van der Waals surface area contributed by atoms with Crippen LogP contribution in [0.1, 0.15) is 125 Å². The number of nitrogens with one attached hydrogen (secondary N) is 1. The van der Waals surface area contributed by atoms with Crippen molar-refractivity contribution in [2.24, 2.45) is 57.8 Å². The Balaban J connectivity index is 1.34. The van der Waals surface area contributed by atoms with Crippen molar-refractivity contribution in [3.8, 4) is 0 Å². The van der Waals surface area contributed by atoms with Gasteiger partial charge >= 0.3 is 6.09 Å². The molecule has 43 heavy (non-hydrogen) atoms. The minimum Gasteiger partial charge on any atom is -0.446 e. The molecule has 0 aliphatic heterocycles. The summed E-state index contributed by atoms with van der Waals surface area (Å²) < 4.78 is 6.22. The first kappa shape index (κ1) is 34.8. The Morgan fingerprint density at radius 1 is 0.953 bits per heavy atom. The molecule has 4 aliphatic rings. The van der Waals surface area contributed by atoms with Gasteiger partial charge in [-0.1, -0.05) is 65.5 Å². The van der Waals surface area contributed by atoms with Crippen molar-refractivity contribution >= 4 is 6.09 Å². The Bertz CT molecular complexity index is 907. The van der Waals surface area contributed by atoms with E-state index in [2.05, 4.69) is 46.0 Å². The first-order valence-electron chi connectivity index (χ1n) is 18.4. The third kappa shape index (κ3) is 8.19. The lowest BCUT2D eigenvalue weighted by atomic mass is 9.47. The summed E-state index contributed by atoms with van der Waals surface area (Å²) in [6.45, 7) is 17.1. The van der Waals surface area contributed by atoms with Crippen LogP contribution in [0.5, 0.6) is 0 Å². The van der Waals surface area contributed by atoms with Crippen LogP contribution in [-0.4, -0.2) is 56.4 Å². The number of allylic oxidation sites excluding steroid dienone is 1. The van der Waals surface area contributed by atoms with Gasteiger partial charge in [0.05, 0.1) is 0 Å². The van der Waals surface area contributed by atoms with Crippen LogP contribution in [0, 0.1) is 46.3 Å². The van der Waals surface area contributed by atoms with Crippen LogP contribution < -0.4 is 16.8 Å². The van der Waals surface area contributed by atoms with Crippen LogP contribution in [0.25, 0.3) is 0 Å². The highest BCUT2D eigenvalue weighted by atomic mass is 16.6. The molecular formula is C37H68N4O2. The molecular weight excluding hydrogens is 532 g/mol. The highest BCUT2D eigenvalue weighted by molar-refractivity contribution is 5.67. The van der Waals surface area contributed by atoms with Crippen LogP contribution in [0.2, 0.25) is 0 Å². The van der Waals surface area contributed by atoms with Crippen LogP contribution in [0.4, 0.5) is 4.79 Å². The first-order chi connectivity index (χ1) is 20.6. The standard InChI is InChI=1S/C37H68N4O2/c1-27(2)10-6-11-28(3)32-14-15-33-31-13-12-29-26-30(16-18-36(29,4)34(31)17-19-37(32,33)5)43-35(42)41(24-8-21-39)25-9-23-40-22-7-20-38/h12,27-28,30-34,40H,6-11,13-26,38-39H2,1-5H3. The highest BCUT2D eigenvalue weighted by Crippen LogP contribution is 2.67. The Labute approximate surface area is 264 Å². The molecule has 0 aromatic heterocycles. The third-order valence-corrected chi connectivity index (χ3v) is 12.8. The number of rotatable bonds is 16. The van der Waals surface area contributed by atoms with Gasteiger partial charge in [0, 0.05) is 19.5 Å². The zero-order valence-electron chi connectivity index (χ0n) is 28.7. The van der Waals surface area contributed by atoms with E-state index < -0.39 is 0 Å². The average molecular weight is 601 g/mol. The van der Waals surface area contributed by atoms with Crippen molar-refractivity contribution in [1.29, 1.82) is 0 Å². The Morgan fingerprint density at radius 2 is 1.70 bits per heavy atom. The number of carbonyl (C=O) groups is 1. The molecule has 0 radical (unpaired) electrons. The number of amides is 1. The minimum atomic E-state index is -0.147. The number of nitrogens with zero attached hydrogens (tertiary/aromatic N) is 1. The molecule has 1 amide bonds. The van der Waals surface area contributed by atoms with Gasteiger partial charge in [0.2, 0.25) is 0 Å². The lowest BCUT2D eigenvalue weighted by Crippen LogP contribution is -2.51. The molecule has 0 aromatic carbocycles. The SMILES string of the molecule is CC(C)CCCC(C)C1CCC2C3CC=C4CC(OC(=O)N(CCCN)CCCNCCCN)CCC4(C)C3CCC12C. The zero-order chi connectivity index (χ0) is 31.0. The molecule has 8 atom stereocenters. The molecule has 6 heteroatoms. The summed E-state index contributed by atoms with van der Waals surface area (Å²) in [6.07, 6.45) is 19.4. The van der Waals surface area contributed by atoms with E-state index in [1.165, 1.54) is 51.4 Å². The maximum absolute atomic E-state index is 13.3. The van der Waals surface area contributed by atoms with E-state index in [4.69, 9.17) is 16.2 Å². The molecule has 5 N–H and O–H groups in total. The molecule has 0 bridgehead atoms. The summed E-state index contributed by atoms with van der Waals surface area (Å²) in [6, 6.07) is 0. The maximum Gasteiger partial charge on any atom is 0.410 e. The van der Waals surface area contributed by atoms with Gasteiger partial charge in [-0.25, -0.2) is 4.79 Å². The van der Waals surface area contributed by atoms with Crippen molar-refractivity contribution in [2.45, 2.75) is 131 Å². The number of hydrogen-bond acceptors (Lipinski definition) is 5. The van der Waals surface area contributed by atoms with Crippen molar-refractivity contribution in [3.63, 3.8) is 0 Å². The normalized spacial score (nSPS) is 34.2. The largest absolute Gasteiger partial charge is 0.446 e. The fourth-order valence-electron chi connectivity index (χ4n) is 10.3. The summed E-state index contributed by atoms with van der Waals surface area (Å²) in [4.78, 5) is 15.2. The summed E-state index contributed by atoms with van der Waals surface area (Å²) in [5.74, 6) is 5.11. The highest BCUT2D eigenvalue weighted by Gasteiger charge is 2.59. The van der Waals surface area contributed by atoms with Crippen LogP contribution in [0.15, 0.2) is 11.6 Å². The molecule has 6 nitrogen and oxygen atoms in total. The number of ether oxygens (including phenoxy) is 1. The topological polar surface area (TPSA) is 93.6 Å². The summed E-state index contributed by atoms with van der Waals surface area (Å²) >= 11 is 0. The smallest absolute Gasteiger partial charge is 0.410 e. The summed E-state index contributed by atoms with van der Waals surface area (Å²) in [7, 11) is 0. The van der Waals surface area contributed by atoms with Crippen molar-refractivity contribution < 1.29 is 9.53 Å². The van der Waals surface area contributed by atoms with E-state index in [0.717, 1.165) is 87.1 Å². The minimum absolute atomic E-state index is 0.00263. The monoisotopic (exact) mass is 601 g/mol. The summed E-state index contributed by atoms with van der Waals surface area (Å²) in [5, 5.41) is 3.42. The molecule has 0 saturated heterocycles. The van der Waals surface area contributed by atoms with E-state index in [9.17, 15) is 4.79 Å². The van der Waals surface area contributed by atoms with Gasteiger partial charge < -0.3 is 26.4 Å². The first-order valence-corrected chi connectivity index (χ1v) is 18.4. The number of hydrogen-bond donors (Lipinski definition) is 3. The molecule has 0 aromatic rings. The molecule has 4 rings (SSSR count). The molecule has 248 valence electrons. The predicted molar refractivity (Wildman–Crippen MR) is 180 cm³/mol. The molecule has 0 heterocycles. The van der Waals surface area contributed by atoms with E-state index in [1.54, 1.807) is 5.57 Å². The van der Waals surface area contributed by atoms with Crippen molar-refractivity contribution in [1.82, 2.24) is 10.2 Å². The molecule has 0 spiro atoms. The maximum atomic E-state index is 13.3. The van der Waals surface area contributed by atoms with Gasteiger partial charge in [-0.2, -0.15) is 0 Å². The molecule has 3 saturated carbocycles. The Hall–Kier alpha value is -1.11. The molecule has 4 aliphatic carbocycles. The lowest BCUT2D eigenvalue weighted by Gasteiger charge is -2.58. The zero-order valence-corrected chi connectivity index (χ0v) is 28.7. The van der Waals surface area contributed by atoms with Crippen LogP contribution >= 0.6 is 0 Å². The van der Waals surface area contributed by atoms with Gasteiger partial charge in [-0.15, -0.1) is 0 Å². The summed E-state index contributed by atoms with van der Waals surface area (Å²) in [5.41, 5.74) is 13.8. The van der Waals surface area contributed by atoms with E-state index in [-0.39, 0.29) is 17.6 Å².